The van der Waals surface area contributed by atoms with Gasteiger partial charge in [0.1, 0.15) is 0 Å². The van der Waals surface area contributed by atoms with Gasteiger partial charge in [-0.1, -0.05) is 46.3 Å². The number of anilines is 1. The van der Waals surface area contributed by atoms with Crippen LogP contribution in [0.1, 0.15) is 16.7 Å². The zero-order valence-electron chi connectivity index (χ0n) is 12.4. The molecule has 0 fully saturated rings. The molecule has 0 saturated carbocycles. The molecule has 0 heterocycles. The summed E-state index contributed by atoms with van der Waals surface area (Å²) in [6.07, 6.45) is 0. The Morgan fingerprint density at radius 2 is 1.67 bits per heavy atom. The predicted octanol–water partition coefficient (Wildman–Crippen LogP) is 4.35. The van der Waals surface area contributed by atoms with E-state index in [0.29, 0.717) is 13.2 Å². The number of rotatable bonds is 7. The van der Waals surface area contributed by atoms with Crippen molar-refractivity contribution in [2.45, 2.75) is 19.8 Å². The first kappa shape index (κ1) is 16.0. The summed E-state index contributed by atoms with van der Waals surface area (Å²) in [5.41, 5.74) is 4.63. The molecule has 0 aliphatic heterocycles. The first-order valence-electron chi connectivity index (χ1n) is 6.81. The van der Waals surface area contributed by atoms with Crippen molar-refractivity contribution < 1.29 is 9.47 Å². The molecule has 0 aliphatic rings. The summed E-state index contributed by atoms with van der Waals surface area (Å²) in [7, 11) is 3.42. The third-order valence-corrected chi connectivity index (χ3v) is 3.94. The fourth-order valence-electron chi connectivity index (χ4n) is 2.21. The van der Waals surface area contributed by atoms with Crippen LogP contribution in [0.25, 0.3) is 0 Å². The van der Waals surface area contributed by atoms with Crippen molar-refractivity contribution in [3.8, 4) is 0 Å². The maximum Gasteiger partial charge on any atom is 0.0744 e. The van der Waals surface area contributed by atoms with E-state index in [1.165, 1.54) is 11.1 Å². The predicted molar refractivity (Wildman–Crippen MR) is 89.3 cm³/mol. The summed E-state index contributed by atoms with van der Waals surface area (Å²) in [5, 5.41) is 3.47. The lowest BCUT2D eigenvalue weighted by molar-refractivity contribution is 0.185. The molecule has 0 bridgehead atoms. The zero-order valence-corrected chi connectivity index (χ0v) is 13.9. The topological polar surface area (TPSA) is 30.5 Å². The Labute approximate surface area is 134 Å². The molecule has 21 heavy (non-hydrogen) atoms. The highest BCUT2D eigenvalue weighted by Gasteiger charge is 2.06. The van der Waals surface area contributed by atoms with Crippen LogP contribution in [0.2, 0.25) is 0 Å². The Kier molecular flexibility index (Phi) is 6.23. The Balaban J connectivity index is 2.09. The second-order valence-electron chi connectivity index (χ2n) is 4.81. The molecule has 3 nitrogen and oxygen atoms in total. The van der Waals surface area contributed by atoms with E-state index in [-0.39, 0.29) is 0 Å². The minimum atomic E-state index is 0.577. The number of ether oxygens (including phenoxy) is 2. The number of halogens is 1. The molecule has 0 aromatic heterocycles. The van der Waals surface area contributed by atoms with Crippen molar-refractivity contribution in [3.63, 3.8) is 0 Å². The lowest BCUT2D eigenvalue weighted by Crippen LogP contribution is -2.04. The highest BCUT2D eigenvalue weighted by atomic mass is 79.9. The molecular formula is C17H20BrNO2. The fourth-order valence-corrected chi connectivity index (χ4v) is 2.69. The van der Waals surface area contributed by atoms with Gasteiger partial charge in [0, 0.05) is 36.5 Å². The number of hydrogen-bond acceptors (Lipinski definition) is 3. The third-order valence-electron chi connectivity index (χ3n) is 3.19. The van der Waals surface area contributed by atoms with Gasteiger partial charge in [0.15, 0.2) is 0 Å². The van der Waals surface area contributed by atoms with E-state index in [1.54, 1.807) is 14.2 Å². The van der Waals surface area contributed by atoms with Gasteiger partial charge in [-0.3, -0.25) is 0 Å². The van der Waals surface area contributed by atoms with Crippen LogP contribution in [0.4, 0.5) is 5.69 Å². The molecule has 2 aromatic carbocycles. The maximum absolute atomic E-state index is 5.27. The summed E-state index contributed by atoms with van der Waals surface area (Å²) >= 11 is 3.57. The summed E-state index contributed by atoms with van der Waals surface area (Å²) in [6, 6.07) is 14.5. The number of nitrogens with one attached hydrogen (secondary N) is 1. The number of methoxy groups -OCH3 is 2. The lowest BCUT2D eigenvalue weighted by Gasteiger charge is -2.14. The first-order valence-corrected chi connectivity index (χ1v) is 7.61. The van der Waals surface area contributed by atoms with Gasteiger partial charge in [-0.15, -0.1) is 0 Å². The van der Waals surface area contributed by atoms with E-state index in [1.807, 2.05) is 12.1 Å². The van der Waals surface area contributed by atoms with Crippen LogP contribution in [0.15, 0.2) is 46.9 Å². The van der Waals surface area contributed by atoms with E-state index < -0.39 is 0 Å². The van der Waals surface area contributed by atoms with Gasteiger partial charge in [0.25, 0.3) is 0 Å². The summed E-state index contributed by atoms with van der Waals surface area (Å²) in [5.74, 6) is 0. The Bertz CT molecular complexity index is 587. The van der Waals surface area contributed by atoms with Crippen molar-refractivity contribution in [1.82, 2.24) is 0 Å². The monoisotopic (exact) mass is 349 g/mol. The molecule has 2 rings (SSSR count). The number of benzene rings is 2. The standard InChI is InChI=1S/C17H20BrNO2/c1-20-11-14-6-3-5-13(9-14)10-19-17-8-4-7-16(18)15(17)12-21-2/h3-9,19H,10-12H2,1-2H3. The van der Waals surface area contributed by atoms with Crippen LogP contribution in [0.5, 0.6) is 0 Å². The van der Waals surface area contributed by atoms with E-state index in [2.05, 4.69) is 51.6 Å². The molecule has 0 atom stereocenters. The summed E-state index contributed by atoms with van der Waals surface area (Å²) in [4.78, 5) is 0. The molecule has 0 unspecified atom stereocenters. The average Bonchev–Trinajstić information content (AvgIpc) is 2.49. The van der Waals surface area contributed by atoms with Gasteiger partial charge in [0.2, 0.25) is 0 Å². The van der Waals surface area contributed by atoms with E-state index in [4.69, 9.17) is 9.47 Å². The lowest BCUT2D eigenvalue weighted by atomic mass is 10.1. The Morgan fingerprint density at radius 3 is 2.43 bits per heavy atom. The van der Waals surface area contributed by atoms with Crippen LogP contribution in [-0.2, 0) is 29.2 Å². The van der Waals surface area contributed by atoms with E-state index >= 15 is 0 Å². The van der Waals surface area contributed by atoms with E-state index in [0.717, 1.165) is 22.3 Å². The number of hydrogen-bond donors (Lipinski definition) is 1. The summed E-state index contributed by atoms with van der Waals surface area (Å²) in [6.45, 7) is 1.98. The molecule has 2 aromatic rings. The smallest absolute Gasteiger partial charge is 0.0744 e. The largest absolute Gasteiger partial charge is 0.381 e. The highest BCUT2D eigenvalue weighted by molar-refractivity contribution is 9.10. The van der Waals surface area contributed by atoms with Gasteiger partial charge in [0.05, 0.1) is 13.2 Å². The molecule has 0 spiro atoms. The second-order valence-corrected chi connectivity index (χ2v) is 5.66. The third kappa shape index (κ3) is 4.56. The zero-order chi connectivity index (χ0) is 15.1. The van der Waals surface area contributed by atoms with Gasteiger partial charge in [-0.05, 0) is 23.3 Å². The van der Waals surface area contributed by atoms with Crippen molar-refractivity contribution in [2.75, 3.05) is 19.5 Å². The fraction of sp³-hybridized carbons (Fsp3) is 0.294. The van der Waals surface area contributed by atoms with Gasteiger partial charge < -0.3 is 14.8 Å². The molecule has 0 amide bonds. The van der Waals surface area contributed by atoms with Crippen molar-refractivity contribution in [1.29, 1.82) is 0 Å². The molecule has 1 N–H and O–H groups in total. The molecule has 4 heteroatoms. The maximum atomic E-state index is 5.27. The van der Waals surface area contributed by atoms with Gasteiger partial charge in [-0.2, -0.15) is 0 Å². The Hall–Kier alpha value is -1.36. The SMILES string of the molecule is COCc1cccc(CNc2cccc(Br)c2COC)c1. The minimum absolute atomic E-state index is 0.577. The van der Waals surface area contributed by atoms with Crippen molar-refractivity contribution in [3.05, 3.63) is 63.6 Å². The highest BCUT2D eigenvalue weighted by Crippen LogP contribution is 2.26. The second kappa shape index (κ2) is 8.17. The van der Waals surface area contributed by atoms with Crippen LogP contribution in [-0.4, -0.2) is 14.2 Å². The van der Waals surface area contributed by atoms with Gasteiger partial charge >= 0.3 is 0 Å². The van der Waals surface area contributed by atoms with Crippen molar-refractivity contribution >= 4 is 21.6 Å². The van der Waals surface area contributed by atoms with E-state index in [9.17, 15) is 0 Å². The molecule has 112 valence electrons. The van der Waals surface area contributed by atoms with Crippen LogP contribution in [0, 0.1) is 0 Å². The normalized spacial score (nSPS) is 10.6. The Morgan fingerprint density at radius 1 is 0.952 bits per heavy atom. The summed E-state index contributed by atoms with van der Waals surface area (Å²) < 4.78 is 11.5. The molecule has 0 radical (unpaired) electrons. The minimum Gasteiger partial charge on any atom is -0.381 e. The van der Waals surface area contributed by atoms with Crippen LogP contribution >= 0.6 is 15.9 Å². The average molecular weight is 350 g/mol. The first-order chi connectivity index (χ1) is 10.2. The van der Waals surface area contributed by atoms with Crippen LogP contribution < -0.4 is 5.32 Å². The molecule has 0 aliphatic carbocycles. The molecule has 0 saturated heterocycles. The van der Waals surface area contributed by atoms with Gasteiger partial charge in [-0.25, -0.2) is 0 Å². The molecular weight excluding hydrogens is 330 g/mol. The van der Waals surface area contributed by atoms with Crippen LogP contribution in [0.3, 0.4) is 0 Å². The van der Waals surface area contributed by atoms with Crippen molar-refractivity contribution in [2.24, 2.45) is 0 Å². The quantitative estimate of drug-likeness (QED) is 0.805.